The molecule has 0 atom stereocenters. The lowest BCUT2D eigenvalue weighted by Crippen LogP contribution is -2.21. The fraction of sp³-hybridized carbons (Fsp3) is 0.632. The first-order valence-corrected chi connectivity index (χ1v) is 8.36. The number of hydrogen-bond donors (Lipinski definition) is 0. The Morgan fingerprint density at radius 2 is 1.80 bits per heavy atom. The van der Waals surface area contributed by atoms with E-state index in [2.05, 4.69) is 31.2 Å². The highest BCUT2D eigenvalue weighted by Gasteiger charge is 2.25. The van der Waals surface area contributed by atoms with Crippen LogP contribution in [0.25, 0.3) is 0 Å². The van der Waals surface area contributed by atoms with Crippen molar-refractivity contribution in [3.05, 3.63) is 35.9 Å². The molecule has 1 fully saturated rings. The number of benzene rings is 1. The van der Waals surface area contributed by atoms with Gasteiger partial charge in [0.25, 0.3) is 0 Å². The lowest BCUT2D eigenvalue weighted by Gasteiger charge is -2.27. The van der Waals surface area contributed by atoms with E-state index in [0.29, 0.717) is 11.7 Å². The average molecular weight is 272 g/mol. The Morgan fingerprint density at radius 1 is 1.10 bits per heavy atom. The van der Waals surface area contributed by atoms with Crippen molar-refractivity contribution in [2.24, 2.45) is 11.8 Å². The van der Waals surface area contributed by atoms with E-state index in [1.807, 2.05) is 6.07 Å². The normalized spacial score (nSPS) is 22.6. The molecule has 1 nitrogen and oxygen atoms in total. The SMILES string of the molecule is CCCC1CCC(C(=O)CCCc2ccccc2)CC1. The molecule has 0 radical (unpaired) electrons. The summed E-state index contributed by atoms with van der Waals surface area (Å²) in [5.41, 5.74) is 1.35. The monoisotopic (exact) mass is 272 g/mol. The van der Waals surface area contributed by atoms with Gasteiger partial charge in [0.05, 0.1) is 0 Å². The number of carbonyl (C=O) groups is 1. The quantitative estimate of drug-likeness (QED) is 0.668. The molecule has 0 N–H and O–H groups in total. The maximum absolute atomic E-state index is 12.3. The molecular weight excluding hydrogens is 244 g/mol. The first-order chi connectivity index (χ1) is 9.79. The van der Waals surface area contributed by atoms with E-state index in [1.165, 1.54) is 31.2 Å². The first kappa shape index (κ1) is 15.3. The van der Waals surface area contributed by atoms with Crippen LogP contribution in [-0.4, -0.2) is 5.78 Å². The van der Waals surface area contributed by atoms with Crippen LogP contribution in [0.5, 0.6) is 0 Å². The van der Waals surface area contributed by atoms with Crippen molar-refractivity contribution in [1.29, 1.82) is 0 Å². The molecule has 0 bridgehead atoms. The summed E-state index contributed by atoms with van der Waals surface area (Å²) in [6, 6.07) is 10.5. The maximum atomic E-state index is 12.3. The molecule has 1 aromatic rings. The first-order valence-electron chi connectivity index (χ1n) is 8.36. The predicted octanol–water partition coefficient (Wildman–Crippen LogP) is 5.18. The van der Waals surface area contributed by atoms with Crippen LogP contribution >= 0.6 is 0 Å². The van der Waals surface area contributed by atoms with Crippen LogP contribution < -0.4 is 0 Å². The predicted molar refractivity (Wildman–Crippen MR) is 84.7 cm³/mol. The topological polar surface area (TPSA) is 17.1 Å². The van der Waals surface area contributed by atoms with E-state index < -0.39 is 0 Å². The second-order valence-corrected chi connectivity index (χ2v) is 6.31. The van der Waals surface area contributed by atoms with Crippen LogP contribution in [0.15, 0.2) is 30.3 Å². The van der Waals surface area contributed by atoms with Gasteiger partial charge in [-0.1, -0.05) is 50.1 Å². The molecule has 110 valence electrons. The van der Waals surface area contributed by atoms with Gasteiger partial charge in [0.1, 0.15) is 5.78 Å². The largest absolute Gasteiger partial charge is 0.299 e. The van der Waals surface area contributed by atoms with Crippen molar-refractivity contribution in [2.45, 2.75) is 64.7 Å². The minimum Gasteiger partial charge on any atom is -0.299 e. The van der Waals surface area contributed by atoms with Crippen molar-refractivity contribution < 1.29 is 4.79 Å². The Bertz CT molecular complexity index is 387. The molecule has 0 spiro atoms. The molecule has 1 saturated carbocycles. The van der Waals surface area contributed by atoms with Crippen LogP contribution in [0.2, 0.25) is 0 Å². The van der Waals surface area contributed by atoms with Gasteiger partial charge in [0.2, 0.25) is 0 Å². The minimum absolute atomic E-state index is 0.374. The van der Waals surface area contributed by atoms with Gasteiger partial charge in [-0.15, -0.1) is 0 Å². The van der Waals surface area contributed by atoms with Gasteiger partial charge in [-0.05, 0) is 50.0 Å². The van der Waals surface area contributed by atoms with Gasteiger partial charge in [0.15, 0.2) is 0 Å². The standard InChI is InChI=1S/C19H28O/c1-2-7-16-12-14-18(15-13-16)19(20)11-6-10-17-8-4-3-5-9-17/h3-5,8-9,16,18H,2,6-7,10-15H2,1H3. The van der Waals surface area contributed by atoms with E-state index in [-0.39, 0.29) is 0 Å². The molecule has 0 aromatic heterocycles. The van der Waals surface area contributed by atoms with E-state index >= 15 is 0 Å². The highest BCUT2D eigenvalue weighted by molar-refractivity contribution is 5.81. The zero-order valence-corrected chi connectivity index (χ0v) is 12.8. The molecule has 1 aromatic carbocycles. The lowest BCUT2D eigenvalue weighted by molar-refractivity contribution is -0.124. The van der Waals surface area contributed by atoms with Gasteiger partial charge in [-0.2, -0.15) is 0 Å². The van der Waals surface area contributed by atoms with Crippen LogP contribution in [-0.2, 0) is 11.2 Å². The maximum Gasteiger partial charge on any atom is 0.135 e. The molecule has 0 unspecified atom stereocenters. The molecular formula is C19H28O. The van der Waals surface area contributed by atoms with Crippen LogP contribution in [0.3, 0.4) is 0 Å². The fourth-order valence-corrected chi connectivity index (χ4v) is 3.50. The summed E-state index contributed by atoms with van der Waals surface area (Å²) in [6.07, 6.45) is 10.3. The summed E-state index contributed by atoms with van der Waals surface area (Å²) >= 11 is 0. The van der Waals surface area contributed by atoms with Crippen molar-refractivity contribution in [1.82, 2.24) is 0 Å². The zero-order valence-electron chi connectivity index (χ0n) is 12.8. The van der Waals surface area contributed by atoms with Crippen molar-refractivity contribution >= 4 is 5.78 Å². The van der Waals surface area contributed by atoms with Crippen molar-refractivity contribution in [2.75, 3.05) is 0 Å². The van der Waals surface area contributed by atoms with Gasteiger partial charge in [0, 0.05) is 12.3 Å². The van der Waals surface area contributed by atoms with Gasteiger partial charge in [-0.25, -0.2) is 0 Å². The van der Waals surface area contributed by atoms with Crippen molar-refractivity contribution in [3.63, 3.8) is 0 Å². The number of Topliss-reactive ketones (excluding diaryl/α,β-unsaturated/α-hetero) is 1. The second-order valence-electron chi connectivity index (χ2n) is 6.31. The smallest absolute Gasteiger partial charge is 0.135 e. The summed E-state index contributed by atoms with van der Waals surface area (Å²) in [6.45, 7) is 2.26. The summed E-state index contributed by atoms with van der Waals surface area (Å²) in [4.78, 5) is 12.3. The highest BCUT2D eigenvalue weighted by atomic mass is 16.1. The summed E-state index contributed by atoms with van der Waals surface area (Å²) in [5.74, 6) is 1.79. The van der Waals surface area contributed by atoms with Crippen LogP contribution in [0, 0.1) is 11.8 Å². The van der Waals surface area contributed by atoms with Crippen LogP contribution in [0.4, 0.5) is 0 Å². The Hall–Kier alpha value is -1.11. The zero-order chi connectivity index (χ0) is 14.2. The van der Waals surface area contributed by atoms with Gasteiger partial charge >= 0.3 is 0 Å². The summed E-state index contributed by atoms with van der Waals surface area (Å²) in [7, 11) is 0. The Balaban J connectivity index is 1.66. The molecule has 20 heavy (non-hydrogen) atoms. The van der Waals surface area contributed by atoms with Crippen molar-refractivity contribution in [3.8, 4) is 0 Å². The van der Waals surface area contributed by atoms with Gasteiger partial charge < -0.3 is 0 Å². The lowest BCUT2D eigenvalue weighted by atomic mass is 9.77. The molecule has 1 heteroatoms. The fourth-order valence-electron chi connectivity index (χ4n) is 3.50. The third-order valence-corrected chi connectivity index (χ3v) is 4.73. The minimum atomic E-state index is 0.374. The number of ketones is 1. The van der Waals surface area contributed by atoms with E-state index in [9.17, 15) is 4.79 Å². The van der Waals surface area contributed by atoms with E-state index in [0.717, 1.165) is 38.0 Å². The second kappa shape index (κ2) is 8.24. The Labute approximate surface area is 123 Å². The number of rotatable bonds is 7. The molecule has 0 aliphatic heterocycles. The van der Waals surface area contributed by atoms with E-state index in [4.69, 9.17) is 0 Å². The average Bonchev–Trinajstić information content (AvgIpc) is 2.49. The Kier molecular flexibility index (Phi) is 6.29. The molecule has 0 saturated heterocycles. The third-order valence-electron chi connectivity index (χ3n) is 4.73. The number of aryl methyl sites for hydroxylation is 1. The molecule has 0 amide bonds. The third kappa shape index (κ3) is 4.77. The number of carbonyl (C=O) groups excluding carboxylic acids is 1. The van der Waals surface area contributed by atoms with Gasteiger partial charge in [-0.3, -0.25) is 4.79 Å². The Morgan fingerprint density at radius 3 is 2.45 bits per heavy atom. The molecule has 1 aliphatic carbocycles. The highest BCUT2D eigenvalue weighted by Crippen LogP contribution is 2.32. The summed E-state index contributed by atoms with van der Waals surface area (Å²) in [5, 5.41) is 0. The van der Waals surface area contributed by atoms with Crippen LogP contribution in [0.1, 0.15) is 63.9 Å². The molecule has 2 rings (SSSR count). The van der Waals surface area contributed by atoms with E-state index in [1.54, 1.807) is 0 Å². The number of hydrogen-bond acceptors (Lipinski definition) is 1. The summed E-state index contributed by atoms with van der Waals surface area (Å²) < 4.78 is 0. The molecule has 1 aliphatic rings. The molecule has 0 heterocycles.